The van der Waals surface area contributed by atoms with Gasteiger partial charge in [-0.3, -0.25) is 4.79 Å². The normalized spacial score (nSPS) is 18.2. The van der Waals surface area contributed by atoms with Crippen molar-refractivity contribution in [3.05, 3.63) is 42.4 Å². The van der Waals surface area contributed by atoms with Crippen molar-refractivity contribution in [1.82, 2.24) is 24.1 Å². The Morgan fingerprint density at radius 3 is 2.47 bits per heavy atom. The first kappa shape index (κ1) is 19.2. The van der Waals surface area contributed by atoms with Crippen molar-refractivity contribution in [2.75, 3.05) is 69.2 Å². The van der Waals surface area contributed by atoms with Crippen molar-refractivity contribution in [1.29, 1.82) is 0 Å². The van der Waals surface area contributed by atoms with E-state index in [4.69, 9.17) is 0 Å². The van der Waals surface area contributed by atoms with E-state index in [1.165, 1.54) is 27.9 Å². The highest BCUT2D eigenvalue weighted by molar-refractivity contribution is 7.13. The van der Waals surface area contributed by atoms with Crippen molar-refractivity contribution in [2.24, 2.45) is 0 Å². The van der Waals surface area contributed by atoms with Gasteiger partial charge >= 0.3 is 0 Å². The predicted molar refractivity (Wildman–Crippen MR) is 119 cm³/mol. The highest BCUT2D eigenvalue weighted by atomic mass is 32.1. The number of amides is 1. The van der Waals surface area contributed by atoms with E-state index in [2.05, 4.69) is 48.2 Å². The summed E-state index contributed by atoms with van der Waals surface area (Å²) in [5.74, 6) is 1.85. The second kappa shape index (κ2) is 8.16. The molecule has 1 aromatic carbocycles. The molecule has 5 rings (SSSR count). The Kier molecular flexibility index (Phi) is 5.22. The summed E-state index contributed by atoms with van der Waals surface area (Å²) in [7, 11) is 2.13. The second-order valence-electron chi connectivity index (χ2n) is 7.83. The van der Waals surface area contributed by atoms with Crippen LogP contribution in [0.25, 0.3) is 10.1 Å². The first-order chi connectivity index (χ1) is 14.7. The molecule has 0 saturated carbocycles. The van der Waals surface area contributed by atoms with E-state index in [9.17, 15) is 4.79 Å². The lowest BCUT2D eigenvalue weighted by Gasteiger charge is -2.35. The maximum atomic E-state index is 13.1. The molecule has 2 aliphatic heterocycles. The largest absolute Gasteiger partial charge is 0.354 e. The number of piperazine rings is 2. The van der Waals surface area contributed by atoms with Gasteiger partial charge in [-0.05, 0) is 30.7 Å². The first-order valence-corrected chi connectivity index (χ1v) is 11.1. The Bertz CT molecular complexity index is 1040. The maximum Gasteiger partial charge on any atom is 0.272 e. The number of benzene rings is 1. The van der Waals surface area contributed by atoms with Gasteiger partial charge in [0, 0.05) is 63.8 Å². The number of carbonyl (C=O) groups excluding carboxylic acids is 1. The van der Waals surface area contributed by atoms with Gasteiger partial charge in [-0.25, -0.2) is 9.97 Å². The number of fused-ring (bicyclic) bond motifs is 1. The Hall–Kier alpha value is -2.78. The molecule has 0 spiro atoms. The highest BCUT2D eigenvalue weighted by Crippen LogP contribution is 2.30. The Morgan fingerprint density at radius 1 is 0.933 bits per heavy atom. The van der Waals surface area contributed by atoms with E-state index in [1.54, 1.807) is 0 Å². The van der Waals surface area contributed by atoms with Gasteiger partial charge in [-0.1, -0.05) is 12.1 Å². The lowest BCUT2D eigenvalue weighted by Crippen LogP contribution is -2.49. The SMILES string of the molecule is CN1CCN(c2cc(C(=O)N3CCN(c4nsc5ccccc45)CC3)ncn2)CC1. The average molecular weight is 424 g/mol. The molecule has 2 aromatic heterocycles. The Balaban J connectivity index is 1.25. The minimum Gasteiger partial charge on any atom is -0.354 e. The molecule has 2 fully saturated rings. The number of hydrogen-bond donors (Lipinski definition) is 0. The maximum absolute atomic E-state index is 13.1. The van der Waals surface area contributed by atoms with Gasteiger partial charge < -0.3 is 19.6 Å². The van der Waals surface area contributed by atoms with E-state index < -0.39 is 0 Å². The average Bonchev–Trinajstić information content (AvgIpc) is 3.23. The van der Waals surface area contributed by atoms with Gasteiger partial charge in [0.25, 0.3) is 5.91 Å². The monoisotopic (exact) mass is 423 g/mol. The topological polar surface area (TPSA) is 68.7 Å². The molecule has 2 aliphatic rings. The van der Waals surface area contributed by atoms with Crippen LogP contribution in [-0.2, 0) is 0 Å². The van der Waals surface area contributed by atoms with Crippen molar-refractivity contribution in [2.45, 2.75) is 0 Å². The van der Waals surface area contributed by atoms with Crippen LogP contribution in [-0.4, -0.2) is 89.5 Å². The van der Waals surface area contributed by atoms with E-state index in [1.807, 2.05) is 23.1 Å². The van der Waals surface area contributed by atoms with Gasteiger partial charge in [0.05, 0.1) is 4.70 Å². The third kappa shape index (κ3) is 3.70. The predicted octanol–water partition coefficient (Wildman–Crippen LogP) is 1.80. The minimum atomic E-state index is -0.0180. The lowest BCUT2D eigenvalue weighted by molar-refractivity contribution is 0.0740. The van der Waals surface area contributed by atoms with Crippen molar-refractivity contribution < 1.29 is 4.79 Å². The van der Waals surface area contributed by atoms with Crippen LogP contribution in [0.2, 0.25) is 0 Å². The van der Waals surface area contributed by atoms with Crippen LogP contribution in [0.15, 0.2) is 36.7 Å². The zero-order chi connectivity index (χ0) is 20.5. The highest BCUT2D eigenvalue weighted by Gasteiger charge is 2.26. The number of carbonyl (C=O) groups is 1. The molecular formula is C21H25N7OS. The summed E-state index contributed by atoms with van der Waals surface area (Å²) in [5.41, 5.74) is 0.478. The van der Waals surface area contributed by atoms with Crippen LogP contribution in [0.3, 0.4) is 0 Å². The molecule has 9 heteroatoms. The molecule has 3 aromatic rings. The molecule has 0 unspecified atom stereocenters. The molecule has 0 N–H and O–H groups in total. The molecule has 0 atom stereocenters. The molecule has 4 heterocycles. The van der Waals surface area contributed by atoms with Crippen LogP contribution in [0.4, 0.5) is 11.6 Å². The summed E-state index contributed by atoms with van der Waals surface area (Å²) in [6.45, 7) is 6.71. The molecular weight excluding hydrogens is 398 g/mol. The van der Waals surface area contributed by atoms with E-state index in [-0.39, 0.29) is 5.91 Å². The molecule has 8 nitrogen and oxygen atoms in total. The summed E-state index contributed by atoms with van der Waals surface area (Å²) < 4.78 is 5.85. The summed E-state index contributed by atoms with van der Waals surface area (Å²) in [6, 6.07) is 10.1. The Labute approximate surface area is 179 Å². The van der Waals surface area contributed by atoms with E-state index in [0.29, 0.717) is 18.8 Å². The molecule has 30 heavy (non-hydrogen) atoms. The first-order valence-electron chi connectivity index (χ1n) is 10.3. The van der Waals surface area contributed by atoms with Crippen LogP contribution in [0.1, 0.15) is 10.5 Å². The summed E-state index contributed by atoms with van der Waals surface area (Å²) in [5, 5.41) is 1.19. The second-order valence-corrected chi connectivity index (χ2v) is 8.64. The third-order valence-electron chi connectivity index (χ3n) is 5.92. The number of hydrogen-bond acceptors (Lipinski definition) is 8. The number of nitrogens with zero attached hydrogens (tertiary/aromatic N) is 7. The molecule has 0 bridgehead atoms. The van der Waals surface area contributed by atoms with Gasteiger partial charge in [0.2, 0.25) is 0 Å². The van der Waals surface area contributed by atoms with Gasteiger partial charge in [-0.2, -0.15) is 4.37 Å². The van der Waals surface area contributed by atoms with E-state index in [0.717, 1.165) is 50.9 Å². The van der Waals surface area contributed by atoms with Crippen LogP contribution in [0.5, 0.6) is 0 Å². The van der Waals surface area contributed by atoms with Gasteiger partial charge in [0.15, 0.2) is 0 Å². The fraction of sp³-hybridized carbons (Fsp3) is 0.429. The zero-order valence-electron chi connectivity index (χ0n) is 17.1. The minimum absolute atomic E-state index is 0.0180. The molecule has 1 amide bonds. The molecule has 2 saturated heterocycles. The third-order valence-corrected chi connectivity index (χ3v) is 6.74. The fourth-order valence-electron chi connectivity index (χ4n) is 4.06. The standard InChI is InChI=1S/C21H25N7OS/c1-25-6-8-26(9-7-25)19-14-17(22-15-23-19)21(29)28-12-10-27(11-13-28)20-16-4-2-3-5-18(16)30-24-20/h2-5,14-15H,6-13H2,1H3. The Morgan fingerprint density at radius 2 is 1.67 bits per heavy atom. The smallest absolute Gasteiger partial charge is 0.272 e. The summed E-state index contributed by atoms with van der Waals surface area (Å²) in [6.07, 6.45) is 1.51. The number of likely N-dealkylation sites (N-methyl/N-ethyl adjacent to an activating group) is 1. The fourth-order valence-corrected chi connectivity index (χ4v) is 4.85. The van der Waals surface area contributed by atoms with E-state index >= 15 is 0 Å². The van der Waals surface area contributed by atoms with Gasteiger partial charge in [0.1, 0.15) is 23.7 Å². The van der Waals surface area contributed by atoms with Crippen LogP contribution < -0.4 is 9.80 Å². The number of rotatable bonds is 3. The molecule has 0 aliphatic carbocycles. The molecule has 0 radical (unpaired) electrons. The number of anilines is 2. The summed E-state index contributed by atoms with van der Waals surface area (Å²) in [4.78, 5) is 30.4. The molecule has 156 valence electrons. The van der Waals surface area contributed by atoms with Crippen LogP contribution >= 0.6 is 11.5 Å². The van der Waals surface area contributed by atoms with Crippen LogP contribution in [0, 0.1) is 0 Å². The van der Waals surface area contributed by atoms with Gasteiger partial charge in [-0.15, -0.1) is 0 Å². The number of aromatic nitrogens is 3. The lowest BCUT2D eigenvalue weighted by atomic mass is 10.2. The zero-order valence-corrected chi connectivity index (χ0v) is 17.9. The summed E-state index contributed by atoms with van der Waals surface area (Å²) >= 11 is 1.53. The van der Waals surface area contributed by atoms with Crippen molar-refractivity contribution in [3.63, 3.8) is 0 Å². The van der Waals surface area contributed by atoms with Crippen molar-refractivity contribution in [3.8, 4) is 0 Å². The van der Waals surface area contributed by atoms with Crippen molar-refractivity contribution >= 4 is 39.2 Å². The quantitative estimate of drug-likeness (QED) is 0.636.